The molecule has 0 unspecified atom stereocenters. The van der Waals surface area contributed by atoms with Crippen LogP contribution < -0.4 is 0 Å². The quantitative estimate of drug-likeness (QED) is 0.789. The number of methoxy groups -OCH3 is 1. The third kappa shape index (κ3) is 3.85. The van der Waals surface area contributed by atoms with Crippen molar-refractivity contribution in [3.05, 3.63) is 0 Å². The van der Waals surface area contributed by atoms with E-state index in [-0.39, 0.29) is 6.04 Å². The summed E-state index contributed by atoms with van der Waals surface area (Å²) in [5.74, 6) is -0.895. The van der Waals surface area contributed by atoms with E-state index in [9.17, 15) is 4.79 Å². The van der Waals surface area contributed by atoms with Crippen LogP contribution in [0.2, 0.25) is 0 Å². The summed E-state index contributed by atoms with van der Waals surface area (Å²) in [6.07, 6.45) is 0.488. The summed E-state index contributed by atoms with van der Waals surface area (Å²) in [4.78, 5) is 13.7. The van der Waals surface area contributed by atoms with Crippen LogP contribution in [0.3, 0.4) is 0 Å². The molecule has 1 rings (SSSR count). The Morgan fingerprint density at radius 2 is 1.95 bits per heavy atom. The smallest absolute Gasteiger partial charge is 0.410 e. The summed E-state index contributed by atoms with van der Waals surface area (Å²) in [5.41, 5.74) is -0.573. The molecule has 1 aliphatic rings. The van der Waals surface area contributed by atoms with Gasteiger partial charge in [-0.05, 0) is 33.6 Å². The molecule has 1 amide bonds. The maximum absolute atomic E-state index is 12.2. The zero-order chi connectivity index (χ0) is 15.3. The average molecular weight is 279 g/mol. The normalized spacial score (nSPS) is 20.4. The van der Waals surface area contributed by atoms with Crippen LogP contribution in [0, 0.1) is 28.6 Å². The van der Waals surface area contributed by atoms with E-state index in [0.717, 1.165) is 6.42 Å². The standard InChI is InChI=1S/C14H21N3O3/c1-14(2,3)20-13(18)17-7-5-6-11(17)12(19-4)10(8-15)9-16/h10-12H,5-7H2,1-4H3/t11-,12-/m0/s1. The third-order valence-corrected chi connectivity index (χ3v) is 3.19. The van der Waals surface area contributed by atoms with Crippen molar-refractivity contribution in [1.29, 1.82) is 10.5 Å². The lowest BCUT2D eigenvalue weighted by atomic mass is 9.96. The van der Waals surface area contributed by atoms with Crippen molar-refractivity contribution in [2.75, 3.05) is 13.7 Å². The van der Waals surface area contributed by atoms with Gasteiger partial charge in [-0.3, -0.25) is 0 Å². The van der Waals surface area contributed by atoms with Gasteiger partial charge in [0.2, 0.25) is 0 Å². The van der Waals surface area contributed by atoms with E-state index in [1.54, 1.807) is 25.7 Å². The van der Waals surface area contributed by atoms with E-state index in [2.05, 4.69) is 0 Å². The Morgan fingerprint density at radius 3 is 2.40 bits per heavy atom. The van der Waals surface area contributed by atoms with Crippen LogP contribution in [0.5, 0.6) is 0 Å². The fourth-order valence-electron chi connectivity index (χ4n) is 2.37. The van der Waals surface area contributed by atoms with Gasteiger partial charge in [0.25, 0.3) is 0 Å². The van der Waals surface area contributed by atoms with Gasteiger partial charge >= 0.3 is 6.09 Å². The maximum Gasteiger partial charge on any atom is 0.410 e. The van der Waals surface area contributed by atoms with Crippen LogP contribution in [0.25, 0.3) is 0 Å². The van der Waals surface area contributed by atoms with Crippen molar-refractivity contribution in [2.24, 2.45) is 5.92 Å². The summed E-state index contributed by atoms with van der Waals surface area (Å²) in [6, 6.07) is 3.55. The molecule has 0 aromatic heterocycles. The molecule has 0 N–H and O–H groups in total. The number of carbonyl (C=O) groups is 1. The molecule has 0 bridgehead atoms. The Labute approximate surface area is 119 Å². The average Bonchev–Trinajstić information content (AvgIpc) is 2.82. The lowest BCUT2D eigenvalue weighted by Crippen LogP contribution is -2.47. The first-order valence-corrected chi connectivity index (χ1v) is 6.65. The molecule has 0 aromatic carbocycles. The van der Waals surface area contributed by atoms with E-state index >= 15 is 0 Å². The van der Waals surface area contributed by atoms with Gasteiger partial charge < -0.3 is 14.4 Å². The zero-order valence-electron chi connectivity index (χ0n) is 12.4. The van der Waals surface area contributed by atoms with E-state index in [1.807, 2.05) is 12.1 Å². The second-order valence-corrected chi connectivity index (χ2v) is 5.82. The summed E-state index contributed by atoms with van der Waals surface area (Å²) < 4.78 is 10.7. The summed E-state index contributed by atoms with van der Waals surface area (Å²) >= 11 is 0. The van der Waals surface area contributed by atoms with Crippen LogP contribution in [0.15, 0.2) is 0 Å². The van der Waals surface area contributed by atoms with Gasteiger partial charge in [0.05, 0.1) is 18.2 Å². The number of carbonyl (C=O) groups excluding carboxylic acids is 1. The highest BCUT2D eigenvalue weighted by Crippen LogP contribution is 2.27. The van der Waals surface area contributed by atoms with Crippen molar-refractivity contribution in [3.63, 3.8) is 0 Å². The van der Waals surface area contributed by atoms with Crippen LogP contribution in [-0.2, 0) is 9.47 Å². The number of nitriles is 2. The maximum atomic E-state index is 12.2. The van der Waals surface area contributed by atoms with Gasteiger partial charge in [0, 0.05) is 13.7 Å². The minimum absolute atomic E-state index is 0.292. The Hall–Kier alpha value is -1.79. The van der Waals surface area contributed by atoms with Gasteiger partial charge in [-0.2, -0.15) is 10.5 Å². The van der Waals surface area contributed by atoms with Gasteiger partial charge in [0.1, 0.15) is 11.7 Å². The lowest BCUT2D eigenvalue weighted by molar-refractivity contribution is -0.0107. The molecular formula is C14H21N3O3. The van der Waals surface area contributed by atoms with E-state index in [1.165, 1.54) is 7.11 Å². The minimum Gasteiger partial charge on any atom is -0.444 e. The molecule has 1 fully saturated rings. The van der Waals surface area contributed by atoms with E-state index < -0.39 is 23.7 Å². The SMILES string of the molecule is CO[C@@H](C(C#N)C#N)[C@@H]1CCCN1C(=O)OC(C)(C)C. The molecule has 2 atom stereocenters. The zero-order valence-corrected chi connectivity index (χ0v) is 12.4. The summed E-state index contributed by atoms with van der Waals surface area (Å²) in [5, 5.41) is 18.0. The molecule has 1 saturated heterocycles. The Balaban J connectivity index is 2.86. The monoisotopic (exact) mass is 279 g/mol. The van der Waals surface area contributed by atoms with Gasteiger partial charge in [-0.1, -0.05) is 0 Å². The van der Waals surface area contributed by atoms with Crippen molar-refractivity contribution < 1.29 is 14.3 Å². The fourth-order valence-corrected chi connectivity index (χ4v) is 2.37. The third-order valence-electron chi connectivity index (χ3n) is 3.19. The van der Waals surface area contributed by atoms with Crippen molar-refractivity contribution in [2.45, 2.75) is 51.4 Å². The summed E-state index contributed by atoms with van der Waals surface area (Å²) in [6.45, 7) is 5.97. The molecular weight excluding hydrogens is 258 g/mol. The van der Waals surface area contributed by atoms with Crippen LogP contribution in [0.1, 0.15) is 33.6 Å². The molecule has 20 heavy (non-hydrogen) atoms. The Bertz CT molecular complexity index is 416. The molecule has 0 radical (unpaired) electrons. The van der Waals surface area contributed by atoms with Crippen LogP contribution in [0.4, 0.5) is 4.79 Å². The molecule has 1 heterocycles. The molecule has 110 valence electrons. The largest absolute Gasteiger partial charge is 0.444 e. The van der Waals surface area contributed by atoms with Crippen LogP contribution in [-0.4, -0.2) is 42.4 Å². The summed E-state index contributed by atoms with van der Waals surface area (Å²) in [7, 11) is 1.46. The van der Waals surface area contributed by atoms with Gasteiger partial charge in [-0.25, -0.2) is 4.79 Å². The van der Waals surface area contributed by atoms with Crippen molar-refractivity contribution in [1.82, 2.24) is 4.90 Å². The van der Waals surface area contributed by atoms with Gasteiger partial charge in [-0.15, -0.1) is 0 Å². The topological polar surface area (TPSA) is 86.4 Å². The molecule has 0 aromatic rings. The molecule has 1 aliphatic heterocycles. The highest BCUT2D eigenvalue weighted by atomic mass is 16.6. The first-order chi connectivity index (χ1) is 9.34. The Kier molecular flexibility index (Phi) is 5.35. The number of amides is 1. The fraction of sp³-hybridized carbons (Fsp3) is 0.786. The number of nitrogens with zero attached hydrogens (tertiary/aromatic N) is 3. The highest BCUT2D eigenvalue weighted by molar-refractivity contribution is 5.69. The number of hydrogen-bond donors (Lipinski definition) is 0. The van der Waals surface area contributed by atoms with Crippen molar-refractivity contribution >= 4 is 6.09 Å². The number of ether oxygens (including phenoxy) is 2. The molecule has 0 spiro atoms. The molecule has 0 aliphatic carbocycles. The Morgan fingerprint density at radius 1 is 1.35 bits per heavy atom. The lowest BCUT2D eigenvalue weighted by Gasteiger charge is -2.32. The second-order valence-electron chi connectivity index (χ2n) is 5.82. The van der Waals surface area contributed by atoms with Crippen molar-refractivity contribution in [3.8, 4) is 12.1 Å². The molecule has 6 heteroatoms. The highest BCUT2D eigenvalue weighted by Gasteiger charge is 2.40. The number of rotatable bonds is 3. The molecule has 6 nitrogen and oxygen atoms in total. The van der Waals surface area contributed by atoms with E-state index in [4.69, 9.17) is 20.0 Å². The predicted molar refractivity (Wildman–Crippen MR) is 71.5 cm³/mol. The molecule has 0 saturated carbocycles. The number of likely N-dealkylation sites (tertiary alicyclic amines) is 1. The van der Waals surface area contributed by atoms with Crippen LogP contribution >= 0.6 is 0 Å². The number of hydrogen-bond acceptors (Lipinski definition) is 5. The minimum atomic E-state index is -0.895. The first-order valence-electron chi connectivity index (χ1n) is 6.65. The van der Waals surface area contributed by atoms with Gasteiger partial charge in [0.15, 0.2) is 5.92 Å². The first kappa shape index (κ1) is 16.3. The predicted octanol–water partition coefficient (Wildman–Crippen LogP) is 2.06. The second kappa shape index (κ2) is 6.58. The van der Waals surface area contributed by atoms with E-state index in [0.29, 0.717) is 13.0 Å².